The summed E-state index contributed by atoms with van der Waals surface area (Å²) in [4.78, 5) is 17.5. The number of hydrogen-bond donors (Lipinski definition) is 1. The Bertz CT molecular complexity index is 631. The number of piperidine rings is 1. The standard InChI is InChI=1S/C14H16N4O2/c19-13(20)9-10-5-3-4-8-18(10)14-15-11-6-1-2-7-12(11)16-17-14/h1-2,6-7,10H,3-5,8-9H2,(H,19,20). The molecule has 20 heavy (non-hydrogen) atoms. The van der Waals surface area contributed by atoms with Gasteiger partial charge in [-0.2, -0.15) is 0 Å². The number of rotatable bonds is 3. The van der Waals surface area contributed by atoms with Gasteiger partial charge in [0.2, 0.25) is 5.95 Å². The van der Waals surface area contributed by atoms with E-state index in [-0.39, 0.29) is 12.5 Å². The third-order valence-electron chi connectivity index (χ3n) is 3.64. The van der Waals surface area contributed by atoms with Crippen molar-refractivity contribution >= 4 is 23.0 Å². The number of hydrogen-bond acceptors (Lipinski definition) is 5. The number of para-hydroxylation sites is 1. The van der Waals surface area contributed by atoms with Gasteiger partial charge in [-0.1, -0.05) is 12.1 Å². The zero-order valence-corrected chi connectivity index (χ0v) is 11.1. The summed E-state index contributed by atoms with van der Waals surface area (Å²) in [7, 11) is 0. The van der Waals surface area contributed by atoms with Gasteiger partial charge in [-0.15, -0.1) is 10.2 Å². The van der Waals surface area contributed by atoms with Crippen LogP contribution in [-0.2, 0) is 4.79 Å². The number of anilines is 1. The van der Waals surface area contributed by atoms with E-state index in [1.54, 1.807) is 0 Å². The molecule has 104 valence electrons. The Hall–Kier alpha value is -2.24. The van der Waals surface area contributed by atoms with Crippen LogP contribution < -0.4 is 4.90 Å². The van der Waals surface area contributed by atoms with Gasteiger partial charge >= 0.3 is 5.97 Å². The molecule has 0 aliphatic carbocycles. The summed E-state index contributed by atoms with van der Waals surface area (Å²) >= 11 is 0. The van der Waals surface area contributed by atoms with Gasteiger partial charge in [0.05, 0.1) is 11.9 Å². The Labute approximate surface area is 116 Å². The van der Waals surface area contributed by atoms with Gasteiger partial charge < -0.3 is 10.0 Å². The quantitative estimate of drug-likeness (QED) is 0.918. The third-order valence-corrected chi connectivity index (χ3v) is 3.64. The summed E-state index contributed by atoms with van der Waals surface area (Å²) < 4.78 is 0. The first-order valence-electron chi connectivity index (χ1n) is 6.82. The maximum atomic E-state index is 11.0. The Morgan fingerprint density at radius 2 is 2.05 bits per heavy atom. The Morgan fingerprint density at radius 3 is 2.85 bits per heavy atom. The van der Waals surface area contributed by atoms with Crippen LogP contribution in [0.2, 0.25) is 0 Å². The second kappa shape index (κ2) is 5.40. The molecular formula is C14H16N4O2. The molecule has 2 aromatic rings. The molecule has 1 aromatic heterocycles. The van der Waals surface area contributed by atoms with Crippen molar-refractivity contribution in [3.05, 3.63) is 24.3 Å². The average Bonchev–Trinajstić information content (AvgIpc) is 2.47. The lowest BCUT2D eigenvalue weighted by molar-refractivity contribution is -0.137. The number of carbonyl (C=O) groups is 1. The monoisotopic (exact) mass is 272 g/mol. The van der Waals surface area contributed by atoms with Gasteiger partial charge in [-0.05, 0) is 31.4 Å². The summed E-state index contributed by atoms with van der Waals surface area (Å²) in [5.41, 5.74) is 1.54. The van der Waals surface area contributed by atoms with Crippen molar-refractivity contribution in [2.24, 2.45) is 0 Å². The average molecular weight is 272 g/mol. The van der Waals surface area contributed by atoms with Crippen molar-refractivity contribution < 1.29 is 9.90 Å². The van der Waals surface area contributed by atoms with Gasteiger partial charge in [-0.25, -0.2) is 4.98 Å². The second-order valence-corrected chi connectivity index (χ2v) is 5.04. The first-order chi connectivity index (χ1) is 9.74. The molecule has 1 aliphatic rings. The smallest absolute Gasteiger partial charge is 0.305 e. The number of carboxylic acid groups (broad SMARTS) is 1. The van der Waals surface area contributed by atoms with Crippen molar-refractivity contribution in [1.82, 2.24) is 15.2 Å². The lowest BCUT2D eigenvalue weighted by atomic mass is 10.00. The van der Waals surface area contributed by atoms with Gasteiger partial charge in [0, 0.05) is 12.6 Å². The minimum Gasteiger partial charge on any atom is -0.481 e. The molecule has 6 heteroatoms. The fraction of sp³-hybridized carbons (Fsp3) is 0.429. The highest BCUT2D eigenvalue weighted by molar-refractivity contribution is 5.74. The maximum Gasteiger partial charge on any atom is 0.305 e. The van der Waals surface area contributed by atoms with Crippen LogP contribution in [0.15, 0.2) is 24.3 Å². The molecule has 1 aromatic carbocycles. The summed E-state index contributed by atoms with van der Waals surface area (Å²) in [5.74, 6) is -0.245. The van der Waals surface area contributed by atoms with Crippen molar-refractivity contribution in [3.63, 3.8) is 0 Å². The minimum absolute atomic E-state index is 0.0378. The number of fused-ring (bicyclic) bond motifs is 1. The maximum absolute atomic E-state index is 11.0. The number of carboxylic acids is 1. The lowest BCUT2D eigenvalue weighted by Crippen LogP contribution is -2.42. The highest BCUT2D eigenvalue weighted by Crippen LogP contribution is 2.24. The Morgan fingerprint density at radius 1 is 1.25 bits per heavy atom. The van der Waals surface area contributed by atoms with Gasteiger partial charge in [0.1, 0.15) is 5.52 Å². The van der Waals surface area contributed by atoms with Gasteiger partial charge in [0.15, 0.2) is 0 Å². The fourth-order valence-electron chi connectivity index (χ4n) is 2.67. The van der Waals surface area contributed by atoms with Gasteiger partial charge in [-0.3, -0.25) is 4.79 Å². The van der Waals surface area contributed by atoms with Crippen LogP contribution in [0.1, 0.15) is 25.7 Å². The first kappa shape index (κ1) is 12.8. The number of nitrogens with zero attached hydrogens (tertiary/aromatic N) is 4. The zero-order chi connectivity index (χ0) is 13.9. The summed E-state index contributed by atoms with van der Waals surface area (Å²) in [6.45, 7) is 0.790. The summed E-state index contributed by atoms with van der Waals surface area (Å²) in [5, 5.41) is 17.3. The Kier molecular flexibility index (Phi) is 3.45. The van der Waals surface area contributed by atoms with Crippen molar-refractivity contribution in [1.29, 1.82) is 0 Å². The molecule has 0 spiro atoms. The van der Waals surface area contributed by atoms with Crippen LogP contribution in [0.5, 0.6) is 0 Å². The highest BCUT2D eigenvalue weighted by atomic mass is 16.4. The van der Waals surface area contributed by atoms with E-state index >= 15 is 0 Å². The molecule has 1 fully saturated rings. The summed E-state index contributed by atoms with van der Waals surface area (Å²) in [6, 6.07) is 7.52. The molecule has 0 radical (unpaired) electrons. The number of benzene rings is 1. The number of aliphatic carboxylic acids is 1. The predicted molar refractivity (Wildman–Crippen MR) is 74.6 cm³/mol. The molecule has 1 atom stereocenters. The molecule has 1 unspecified atom stereocenters. The predicted octanol–water partition coefficient (Wildman–Crippen LogP) is 1.86. The lowest BCUT2D eigenvalue weighted by Gasteiger charge is -2.34. The molecule has 0 amide bonds. The third kappa shape index (κ3) is 2.54. The fourth-order valence-corrected chi connectivity index (χ4v) is 2.67. The largest absolute Gasteiger partial charge is 0.481 e. The van der Waals surface area contributed by atoms with E-state index < -0.39 is 5.97 Å². The van der Waals surface area contributed by atoms with E-state index in [1.165, 1.54) is 0 Å². The summed E-state index contributed by atoms with van der Waals surface area (Å²) in [6.07, 6.45) is 3.07. The van der Waals surface area contributed by atoms with E-state index in [0.717, 1.165) is 36.8 Å². The van der Waals surface area contributed by atoms with Crippen LogP contribution in [0.25, 0.3) is 11.0 Å². The van der Waals surface area contributed by atoms with Crippen molar-refractivity contribution in [2.75, 3.05) is 11.4 Å². The molecular weight excluding hydrogens is 256 g/mol. The SMILES string of the molecule is O=C(O)CC1CCCCN1c1nnc2ccccc2n1. The molecule has 0 bridgehead atoms. The van der Waals surface area contributed by atoms with E-state index in [9.17, 15) is 4.79 Å². The van der Waals surface area contributed by atoms with Crippen LogP contribution in [0, 0.1) is 0 Å². The van der Waals surface area contributed by atoms with E-state index in [2.05, 4.69) is 15.2 Å². The molecule has 0 saturated carbocycles. The minimum atomic E-state index is -0.782. The molecule has 6 nitrogen and oxygen atoms in total. The van der Waals surface area contributed by atoms with Crippen LogP contribution in [0.3, 0.4) is 0 Å². The van der Waals surface area contributed by atoms with Crippen molar-refractivity contribution in [2.45, 2.75) is 31.7 Å². The normalized spacial score (nSPS) is 19.2. The molecule has 1 aliphatic heterocycles. The van der Waals surface area contributed by atoms with Crippen LogP contribution in [0.4, 0.5) is 5.95 Å². The van der Waals surface area contributed by atoms with E-state index in [4.69, 9.17) is 5.11 Å². The zero-order valence-electron chi connectivity index (χ0n) is 11.1. The number of aromatic nitrogens is 3. The van der Waals surface area contributed by atoms with E-state index in [1.807, 2.05) is 29.2 Å². The molecule has 1 N–H and O–H groups in total. The van der Waals surface area contributed by atoms with Crippen LogP contribution in [-0.4, -0.2) is 38.8 Å². The molecule has 1 saturated heterocycles. The second-order valence-electron chi connectivity index (χ2n) is 5.04. The highest BCUT2D eigenvalue weighted by Gasteiger charge is 2.27. The van der Waals surface area contributed by atoms with Crippen molar-refractivity contribution in [3.8, 4) is 0 Å². The van der Waals surface area contributed by atoms with Crippen LogP contribution >= 0.6 is 0 Å². The molecule has 3 rings (SSSR count). The van der Waals surface area contributed by atoms with Gasteiger partial charge in [0.25, 0.3) is 0 Å². The Balaban J connectivity index is 1.92. The van der Waals surface area contributed by atoms with E-state index in [0.29, 0.717) is 5.95 Å². The molecule has 2 heterocycles. The first-order valence-corrected chi connectivity index (χ1v) is 6.82. The topological polar surface area (TPSA) is 79.2 Å².